The normalized spacial score (nSPS) is 17.8. The average Bonchev–Trinajstić information content (AvgIpc) is 1.71. The van der Waals surface area contributed by atoms with E-state index in [1.165, 1.54) is 38.5 Å². The van der Waals surface area contributed by atoms with Crippen molar-refractivity contribution in [1.29, 1.82) is 0 Å². The Morgan fingerprint density at radius 1 is 0.711 bits per heavy atom. The number of hydrogen-bond donors (Lipinski definition) is 8. The number of nitrogens with zero attached hydrogens (tertiary/aromatic N) is 3. The van der Waals surface area contributed by atoms with Crippen molar-refractivity contribution in [3.63, 3.8) is 0 Å². The summed E-state index contributed by atoms with van der Waals surface area (Å²) in [6, 6.07) is 7.47. The second-order valence-electron chi connectivity index (χ2n) is 26.5. The van der Waals surface area contributed by atoms with Gasteiger partial charge in [-0.2, -0.15) is 0 Å². The summed E-state index contributed by atoms with van der Waals surface area (Å²) in [5.74, 6) is -5.58. The number of amides is 10. The number of nitrogens with two attached hydrogens (primary N) is 1. The number of likely N-dealkylation sites (tertiary alicyclic amines) is 1. The van der Waals surface area contributed by atoms with Crippen LogP contribution < -0.4 is 42.4 Å². The maximum absolute atomic E-state index is 14.5. The molecule has 4 rings (SSSR count). The molecule has 10 atom stereocenters. The number of nitrogens with one attached hydrogen (secondary N) is 7. The first-order chi connectivity index (χ1) is 42.0. The van der Waals surface area contributed by atoms with Gasteiger partial charge in [-0.25, -0.2) is 22.7 Å². The third-order valence-corrected chi connectivity index (χ3v) is 18.0. The molecule has 2 aliphatic rings. The SMILES string of the molecule is CO[C@H]([C@@H](C)C(=O)N[C@@H](Cc1ccccc1)C(=O)NS(=O)(=O)c1ccc(C2(NC(=O)[C@H](CCCNC(N)=O)NC(=O)[C@@H](NC(=O)OC(C)(C)C)C(C)C)CC2)cc1)[C@@H]1CCCN1C(=O)C[C@@H](OC)[C@H](C(C)C)N(C)C(=O)[C@@H](NC(=O)[C@H](C(C)C)N(C)C)C(C)C. The number of sulfonamides is 1. The summed E-state index contributed by atoms with van der Waals surface area (Å²) in [5, 5.41) is 16.6. The molecule has 1 saturated carbocycles. The molecule has 90 heavy (non-hydrogen) atoms. The molecule has 26 heteroatoms. The standard InChI is InChI=1S/C64H103N11O14S/c1-37(2)50(70-62(84)89-63(10,11)12)58(80)67-45(25-21-33-66-61(65)83)56(78)71-64(31-32-64)43-27-29-44(30-28-43)90(85,86)72-57(79)46(35-42-23-19-18-20-24-42)68-55(77)41(9)54(88-17)47-26-22-34-75(47)49(76)36-48(87-16)52(39(5)6)74(15)60(82)51(38(3)4)69-59(81)53(40(7)8)73(13)14/h18-20,23-24,27-30,37-41,45-48,50-54H,21-22,25-26,31-36H2,1-17H3,(H,67,80)(H,68,77)(H,69,81)(H,70,84)(H,71,78)(H,72,79)(H3,65,66,83)/t41-,45+,46+,47+,48-,50+,51+,52+,53+,54-/m1/s1. The van der Waals surface area contributed by atoms with Crippen molar-refractivity contribution in [3.8, 4) is 0 Å². The number of rotatable bonds is 33. The molecule has 0 radical (unpaired) electrons. The molecule has 504 valence electrons. The lowest BCUT2D eigenvalue weighted by molar-refractivity contribution is -0.147. The van der Waals surface area contributed by atoms with Crippen molar-refractivity contribution in [1.82, 2.24) is 51.3 Å². The summed E-state index contributed by atoms with van der Waals surface area (Å²) in [6.07, 6.45) is -0.359. The molecule has 0 aromatic heterocycles. The van der Waals surface area contributed by atoms with E-state index in [4.69, 9.17) is 19.9 Å². The highest BCUT2D eigenvalue weighted by molar-refractivity contribution is 7.90. The van der Waals surface area contributed by atoms with Gasteiger partial charge < -0.3 is 61.6 Å². The highest BCUT2D eigenvalue weighted by Gasteiger charge is 2.48. The lowest BCUT2D eigenvalue weighted by atomic mass is 9.91. The van der Waals surface area contributed by atoms with E-state index in [2.05, 4.69) is 36.6 Å². The molecule has 2 fully saturated rings. The summed E-state index contributed by atoms with van der Waals surface area (Å²) in [7, 11) is 3.63. The van der Waals surface area contributed by atoms with Crippen LogP contribution in [0.25, 0.3) is 0 Å². The number of methoxy groups -OCH3 is 2. The topological polar surface area (TPSA) is 335 Å². The second kappa shape index (κ2) is 33.4. The molecule has 0 spiro atoms. The fourth-order valence-corrected chi connectivity index (χ4v) is 12.8. The van der Waals surface area contributed by atoms with Crippen LogP contribution in [0.5, 0.6) is 0 Å². The molecule has 0 unspecified atom stereocenters. The molecule has 0 bridgehead atoms. The average molecular weight is 1280 g/mol. The number of primary amides is 1. The molecule has 1 aliphatic carbocycles. The minimum absolute atomic E-state index is 0.0192. The summed E-state index contributed by atoms with van der Waals surface area (Å²) < 4.78 is 47.7. The van der Waals surface area contributed by atoms with Gasteiger partial charge in [0.25, 0.3) is 15.9 Å². The largest absolute Gasteiger partial charge is 0.444 e. The highest BCUT2D eigenvalue weighted by atomic mass is 32.2. The predicted molar refractivity (Wildman–Crippen MR) is 340 cm³/mol. The highest BCUT2D eigenvalue weighted by Crippen LogP contribution is 2.46. The maximum Gasteiger partial charge on any atom is 0.408 e. The molecule has 1 heterocycles. The van der Waals surface area contributed by atoms with E-state index in [1.54, 1.807) is 88.7 Å². The summed E-state index contributed by atoms with van der Waals surface area (Å²) in [5.41, 5.74) is 4.63. The third-order valence-electron chi connectivity index (χ3n) is 16.6. The first kappa shape index (κ1) is 75.6. The van der Waals surface area contributed by atoms with Crippen LogP contribution in [0.1, 0.15) is 139 Å². The van der Waals surface area contributed by atoms with Gasteiger partial charge >= 0.3 is 12.1 Å². The van der Waals surface area contributed by atoms with Crippen LogP contribution in [0.15, 0.2) is 59.5 Å². The molecule has 2 aromatic rings. The zero-order chi connectivity index (χ0) is 67.7. The monoisotopic (exact) mass is 1280 g/mol. The Balaban J connectivity index is 1.51. The summed E-state index contributed by atoms with van der Waals surface area (Å²) >= 11 is 0. The first-order valence-corrected chi connectivity index (χ1v) is 32.7. The van der Waals surface area contributed by atoms with Crippen molar-refractivity contribution in [3.05, 3.63) is 65.7 Å². The smallest absolute Gasteiger partial charge is 0.408 e. The molecule has 25 nitrogen and oxygen atoms in total. The second-order valence-corrected chi connectivity index (χ2v) is 28.2. The number of ether oxygens (including phenoxy) is 3. The van der Waals surface area contributed by atoms with Gasteiger partial charge in [-0.05, 0) is 120 Å². The fourth-order valence-electron chi connectivity index (χ4n) is 11.8. The van der Waals surface area contributed by atoms with Crippen molar-refractivity contribution < 1.29 is 65.8 Å². The number of carbonyl (C=O) groups excluding carboxylic acids is 9. The van der Waals surface area contributed by atoms with Gasteiger partial charge in [0.15, 0.2) is 0 Å². The number of carbonyl (C=O) groups is 9. The van der Waals surface area contributed by atoms with Crippen LogP contribution in [0.3, 0.4) is 0 Å². The quantitative estimate of drug-likeness (QED) is 0.0467. The molecule has 2 aromatic carbocycles. The van der Waals surface area contributed by atoms with Gasteiger partial charge in [0.2, 0.25) is 35.4 Å². The van der Waals surface area contributed by atoms with Crippen molar-refractivity contribution in [2.24, 2.45) is 35.3 Å². The minimum Gasteiger partial charge on any atom is -0.444 e. The number of likely N-dealkylation sites (N-methyl/N-ethyl adjacent to an activating group) is 2. The van der Waals surface area contributed by atoms with Crippen LogP contribution in [-0.2, 0) is 69.8 Å². The van der Waals surface area contributed by atoms with Gasteiger partial charge in [-0.3, -0.25) is 38.5 Å². The Bertz CT molecular complexity index is 2870. The van der Waals surface area contributed by atoms with Gasteiger partial charge in [0.05, 0.1) is 53.1 Å². The zero-order valence-corrected chi connectivity index (χ0v) is 56.7. The minimum atomic E-state index is -4.59. The van der Waals surface area contributed by atoms with Gasteiger partial charge in [-0.1, -0.05) is 105 Å². The lowest BCUT2D eigenvalue weighted by Gasteiger charge is -2.40. The van der Waals surface area contributed by atoms with E-state index in [9.17, 15) is 51.6 Å². The van der Waals surface area contributed by atoms with Crippen LogP contribution in [0.4, 0.5) is 9.59 Å². The van der Waals surface area contributed by atoms with E-state index < -0.39 is 123 Å². The molecule has 1 aliphatic heterocycles. The summed E-state index contributed by atoms with van der Waals surface area (Å²) in [6.45, 7) is 22.0. The molecule has 10 amide bonds. The van der Waals surface area contributed by atoms with E-state index in [0.717, 1.165) is 0 Å². The third kappa shape index (κ3) is 21.4. The van der Waals surface area contributed by atoms with Crippen molar-refractivity contribution in [2.45, 2.75) is 205 Å². The van der Waals surface area contributed by atoms with Crippen molar-refractivity contribution in [2.75, 3.05) is 48.5 Å². The first-order valence-electron chi connectivity index (χ1n) is 31.2. The molecule has 1 saturated heterocycles. The van der Waals surface area contributed by atoms with Gasteiger partial charge in [-0.15, -0.1) is 0 Å². The van der Waals surface area contributed by atoms with E-state index in [0.29, 0.717) is 43.4 Å². The number of hydrogen-bond acceptors (Lipinski definition) is 15. The Labute approximate surface area is 532 Å². The van der Waals surface area contributed by atoms with Crippen LogP contribution in [-0.4, -0.2) is 185 Å². The van der Waals surface area contributed by atoms with E-state index in [1.807, 2.05) is 60.5 Å². The fraction of sp³-hybridized carbons (Fsp3) is 0.672. The Hall–Kier alpha value is -6.90. The Morgan fingerprint density at radius 3 is 1.82 bits per heavy atom. The number of urea groups is 1. The maximum atomic E-state index is 14.5. The number of benzene rings is 2. The van der Waals surface area contributed by atoms with Crippen LogP contribution >= 0.6 is 0 Å². The molecule has 9 N–H and O–H groups in total. The molecular formula is C64H103N11O14S. The van der Waals surface area contributed by atoms with Gasteiger partial charge in [0.1, 0.15) is 29.8 Å². The van der Waals surface area contributed by atoms with Crippen LogP contribution in [0.2, 0.25) is 0 Å². The zero-order valence-electron chi connectivity index (χ0n) is 55.9. The number of alkyl carbamates (subject to hydrolysis) is 1. The summed E-state index contributed by atoms with van der Waals surface area (Å²) in [4.78, 5) is 128. The predicted octanol–water partition coefficient (Wildman–Crippen LogP) is 4.06. The molecular weight excluding hydrogens is 1180 g/mol. The Morgan fingerprint density at radius 2 is 1.31 bits per heavy atom. The van der Waals surface area contributed by atoms with Crippen LogP contribution in [0, 0.1) is 29.6 Å². The van der Waals surface area contributed by atoms with E-state index in [-0.39, 0.29) is 72.6 Å². The lowest BCUT2D eigenvalue weighted by Crippen LogP contribution is -2.59. The van der Waals surface area contributed by atoms with E-state index >= 15 is 0 Å². The Kier molecular flexibility index (Phi) is 28.1. The van der Waals surface area contributed by atoms with Gasteiger partial charge in [0, 0.05) is 40.8 Å². The van der Waals surface area contributed by atoms with Crippen molar-refractivity contribution >= 4 is 63.5 Å².